The molecule has 7 nitrogen and oxygen atoms in total. The molecule has 0 radical (unpaired) electrons. The largest absolute Gasteiger partial charge is 0.481 e. The minimum Gasteiger partial charge on any atom is -0.481 e. The van der Waals surface area contributed by atoms with E-state index < -0.39 is 11.4 Å². The number of hydrogen-bond donors (Lipinski definition) is 1. The van der Waals surface area contributed by atoms with Crippen molar-refractivity contribution in [2.24, 2.45) is 11.3 Å². The number of para-hydroxylation sites is 1. The molecule has 1 aliphatic heterocycles. The van der Waals surface area contributed by atoms with Crippen molar-refractivity contribution in [2.45, 2.75) is 20.3 Å². The summed E-state index contributed by atoms with van der Waals surface area (Å²) >= 11 is 0. The predicted octanol–water partition coefficient (Wildman–Crippen LogP) is 1.84. The first-order valence-electron chi connectivity index (χ1n) is 7.94. The predicted molar refractivity (Wildman–Crippen MR) is 86.8 cm³/mol. The first-order valence-corrected chi connectivity index (χ1v) is 7.94. The molecule has 1 aromatic carbocycles. The SMILES string of the molecule is CC(C)C1(C(=O)O)CCN(C(=O)c2ncn(-c3ccccc3)n2)C1. The fourth-order valence-electron chi connectivity index (χ4n) is 3.11. The Balaban J connectivity index is 1.79. The van der Waals surface area contributed by atoms with Crippen molar-refractivity contribution in [3.8, 4) is 5.69 Å². The first kappa shape index (κ1) is 16.2. The lowest BCUT2D eigenvalue weighted by molar-refractivity contribution is -0.150. The van der Waals surface area contributed by atoms with Crippen molar-refractivity contribution in [1.82, 2.24) is 19.7 Å². The molecule has 0 aliphatic carbocycles. The Bertz CT molecular complexity index is 756. The van der Waals surface area contributed by atoms with Gasteiger partial charge in [0, 0.05) is 13.1 Å². The van der Waals surface area contributed by atoms with E-state index in [2.05, 4.69) is 10.1 Å². The standard InChI is InChI=1S/C17H20N4O3/c1-12(2)17(16(23)24)8-9-20(10-17)15(22)14-18-11-21(19-14)13-6-4-3-5-7-13/h3-7,11-12H,8-10H2,1-2H3,(H,23,24). The van der Waals surface area contributed by atoms with Crippen LogP contribution in [0.5, 0.6) is 0 Å². The van der Waals surface area contributed by atoms with Crippen molar-refractivity contribution in [1.29, 1.82) is 0 Å². The number of carboxylic acids is 1. The molecule has 1 aromatic heterocycles. The number of rotatable bonds is 4. The molecule has 1 atom stereocenters. The van der Waals surface area contributed by atoms with Crippen molar-refractivity contribution in [2.75, 3.05) is 13.1 Å². The van der Waals surface area contributed by atoms with Crippen LogP contribution in [0.1, 0.15) is 30.9 Å². The Morgan fingerprint density at radius 2 is 1.96 bits per heavy atom. The van der Waals surface area contributed by atoms with Crippen molar-refractivity contribution in [3.63, 3.8) is 0 Å². The number of carbonyl (C=O) groups excluding carboxylic acids is 1. The van der Waals surface area contributed by atoms with Gasteiger partial charge in [0.15, 0.2) is 0 Å². The van der Waals surface area contributed by atoms with E-state index in [9.17, 15) is 14.7 Å². The summed E-state index contributed by atoms with van der Waals surface area (Å²) in [5, 5.41) is 13.8. The summed E-state index contributed by atoms with van der Waals surface area (Å²) in [4.78, 5) is 29.9. The van der Waals surface area contributed by atoms with Crippen LogP contribution in [0.4, 0.5) is 0 Å². The second-order valence-corrected chi connectivity index (χ2v) is 6.44. The van der Waals surface area contributed by atoms with Crippen LogP contribution in [-0.2, 0) is 4.79 Å². The second-order valence-electron chi connectivity index (χ2n) is 6.44. The van der Waals surface area contributed by atoms with Crippen molar-refractivity contribution < 1.29 is 14.7 Å². The number of nitrogens with zero attached hydrogens (tertiary/aromatic N) is 4. The van der Waals surface area contributed by atoms with Crippen LogP contribution in [0.15, 0.2) is 36.7 Å². The van der Waals surface area contributed by atoms with E-state index in [4.69, 9.17) is 0 Å². The van der Waals surface area contributed by atoms with Gasteiger partial charge < -0.3 is 10.0 Å². The molecule has 1 aliphatic rings. The molecule has 1 unspecified atom stereocenters. The maximum absolute atomic E-state index is 12.6. The Kier molecular flexibility index (Phi) is 4.09. The maximum Gasteiger partial charge on any atom is 0.311 e. The van der Waals surface area contributed by atoms with Crippen LogP contribution in [0, 0.1) is 11.3 Å². The van der Waals surface area contributed by atoms with Gasteiger partial charge in [-0.25, -0.2) is 9.67 Å². The van der Waals surface area contributed by atoms with E-state index >= 15 is 0 Å². The fourth-order valence-corrected chi connectivity index (χ4v) is 3.11. The lowest BCUT2D eigenvalue weighted by Gasteiger charge is -2.28. The Morgan fingerprint density at radius 1 is 1.25 bits per heavy atom. The number of aliphatic carboxylic acids is 1. The highest BCUT2D eigenvalue weighted by Gasteiger charge is 2.48. The topological polar surface area (TPSA) is 88.3 Å². The molecule has 1 fully saturated rings. The van der Waals surface area contributed by atoms with Crippen LogP contribution < -0.4 is 0 Å². The molecule has 1 amide bonds. The molecular weight excluding hydrogens is 308 g/mol. The summed E-state index contributed by atoms with van der Waals surface area (Å²) < 4.78 is 1.54. The second kappa shape index (κ2) is 6.07. The third-order valence-electron chi connectivity index (χ3n) is 4.82. The lowest BCUT2D eigenvalue weighted by Crippen LogP contribution is -2.40. The van der Waals surface area contributed by atoms with Gasteiger partial charge in [0.25, 0.3) is 5.91 Å². The van der Waals surface area contributed by atoms with Crippen LogP contribution in [0.25, 0.3) is 5.69 Å². The van der Waals surface area contributed by atoms with Gasteiger partial charge in [0.05, 0.1) is 11.1 Å². The number of hydrogen-bond acceptors (Lipinski definition) is 4. The zero-order valence-corrected chi connectivity index (χ0v) is 13.7. The van der Waals surface area contributed by atoms with Gasteiger partial charge in [-0.2, -0.15) is 0 Å². The van der Waals surface area contributed by atoms with Gasteiger partial charge in [0.2, 0.25) is 5.82 Å². The van der Waals surface area contributed by atoms with E-state index in [0.29, 0.717) is 13.0 Å². The van der Waals surface area contributed by atoms with Gasteiger partial charge in [0.1, 0.15) is 6.33 Å². The Hall–Kier alpha value is -2.70. The van der Waals surface area contributed by atoms with Gasteiger partial charge in [-0.05, 0) is 24.5 Å². The minimum atomic E-state index is -0.891. The summed E-state index contributed by atoms with van der Waals surface area (Å²) in [6.07, 6.45) is 1.94. The Labute approximate surface area is 139 Å². The van der Waals surface area contributed by atoms with Gasteiger partial charge >= 0.3 is 5.97 Å². The first-order chi connectivity index (χ1) is 11.4. The number of carbonyl (C=O) groups is 2. The summed E-state index contributed by atoms with van der Waals surface area (Å²) in [6.45, 7) is 4.36. The average Bonchev–Trinajstić information content (AvgIpc) is 3.23. The quantitative estimate of drug-likeness (QED) is 0.925. The molecular formula is C17H20N4O3. The van der Waals surface area contributed by atoms with Crippen LogP contribution in [0.3, 0.4) is 0 Å². The molecule has 2 heterocycles. The molecule has 0 spiro atoms. The van der Waals surface area contributed by atoms with E-state index in [1.54, 1.807) is 4.90 Å². The molecule has 1 N–H and O–H groups in total. The third kappa shape index (κ3) is 2.66. The highest BCUT2D eigenvalue weighted by Crippen LogP contribution is 2.38. The summed E-state index contributed by atoms with van der Waals surface area (Å²) in [7, 11) is 0. The highest BCUT2D eigenvalue weighted by atomic mass is 16.4. The van der Waals surface area contributed by atoms with E-state index in [1.165, 1.54) is 11.0 Å². The van der Waals surface area contributed by atoms with Gasteiger partial charge in [-0.3, -0.25) is 9.59 Å². The van der Waals surface area contributed by atoms with E-state index in [-0.39, 0.29) is 24.2 Å². The monoisotopic (exact) mass is 328 g/mol. The highest BCUT2D eigenvalue weighted by molar-refractivity contribution is 5.91. The van der Waals surface area contributed by atoms with Gasteiger partial charge in [-0.1, -0.05) is 32.0 Å². The van der Waals surface area contributed by atoms with Crippen molar-refractivity contribution >= 4 is 11.9 Å². The smallest absolute Gasteiger partial charge is 0.311 e. The Morgan fingerprint density at radius 3 is 2.54 bits per heavy atom. The lowest BCUT2D eigenvalue weighted by atomic mass is 9.76. The summed E-state index contributed by atoms with van der Waals surface area (Å²) in [6, 6.07) is 9.39. The maximum atomic E-state index is 12.6. The fraction of sp³-hybridized carbons (Fsp3) is 0.412. The van der Waals surface area contributed by atoms with Gasteiger partial charge in [-0.15, -0.1) is 5.10 Å². The minimum absolute atomic E-state index is 0.0531. The van der Waals surface area contributed by atoms with Crippen LogP contribution >= 0.6 is 0 Å². The zero-order valence-electron chi connectivity index (χ0n) is 13.7. The summed E-state index contributed by atoms with van der Waals surface area (Å²) in [5.41, 5.74) is -0.0787. The van der Waals surface area contributed by atoms with E-state index in [0.717, 1.165) is 5.69 Å². The zero-order chi connectivity index (χ0) is 17.3. The molecule has 126 valence electrons. The van der Waals surface area contributed by atoms with E-state index in [1.807, 2.05) is 44.2 Å². The molecule has 0 bridgehead atoms. The van der Waals surface area contributed by atoms with Crippen molar-refractivity contribution in [3.05, 3.63) is 42.5 Å². The molecule has 0 saturated carbocycles. The van der Waals surface area contributed by atoms with Crippen LogP contribution in [-0.4, -0.2) is 49.7 Å². The number of likely N-dealkylation sites (tertiary alicyclic amines) is 1. The number of carboxylic acid groups (broad SMARTS) is 1. The molecule has 3 rings (SSSR count). The number of amides is 1. The third-order valence-corrected chi connectivity index (χ3v) is 4.82. The molecule has 24 heavy (non-hydrogen) atoms. The average molecular weight is 328 g/mol. The molecule has 1 saturated heterocycles. The normalized spacial score (nSPS) is 20.5. The van der Waals surface area contributed by atoms with Crippen LogP contribution in [0.2, 0.25) is 0 Å². The summed E-state index contributed by atoms with van der Waals surface area (Å²) in [5.74, 6) is -1.14. The molecule has 7 heteroatoms. The molecule has 2 aromatic rings. The number of aromatic nitrogens is 3. The number of benzene rings is 1.